The summed E-state index contributed by atoms with van der Waals surface area (Å²) in [6.45, 7) is 2.72. The van der Waals surface area contributed by atoms with E-state index in [2.05, 4.69) is 10.3 Å². The highest BCUT2D eigenvalue weighted by Gasteiger charge is 2.41. The Morgan fingerprint density at radius 1 is 1.17 bits per heavy atom. The van der Waals surface area contributed by atoms with Gasteiger partial charge in [-0.3, -0.25) is 9.38 Å². The number of alkyl halides is 3. The highest BCUT2D eigenvalue weighted by Crippen LogP contribution is 2.38. The van der Waals surface area contributed by atoms with Gasteiger partial charge >= 0.3 is 6.18 Å². The minimum absolute atomic E-state index is 0.00315. The number of nitrogens with zero attached hydrogens (tertiary/aromatic N) is 3. The molecule has 5 rings (SSSR count). The van der Waals surface area contributed by atoms with Crippen LogP contribution in [0.5, 0.6) is 0 Å². The first-order chi connectivity index (χ1) is 14.4. The normalized spacial score (nSPS) is 21.5. The summed E-state index contributed by atoms with van der Waals surface area (Å²) in [5, 5.41) is 3.38. The number of fused-ring (bicyclic) bond motifs is 1. The van der Waals surface area contributed by atoms with E-state index in [1.807, 2.05) is 18.2 Å². The van der Waals surface area contributed by atoms with Gasteiger partial charge in [0.25, 0.3) is 0 Å². The van der Waals surface area contributed by atoms with Crippen molar-refractivity contribution in [1.82, 2.24) is 19.7 Å². The van der Waals surface area contributed by atoms with Crippen LogP contribution in [0.4, 0.5) is 13.2 Å². The van der Waals surface area contributed by atoms with Gasteiger partial charge in [0.1, 0.15) is 5.65 Å². The highest BCUT2D eigenvalue weighted by atomic mass is 19.4. The van der Waals surface area contributed by atoms with Gasteiger partial charge in [0.2, 0.25) is 0 Å². The Morgan fingerprint density at radius 2 is 2.00 bits per heavy atom. The molecular formula is C22H23F3N4O. The molecule has 5 nitrogen and oxygen atoms in total. The Hall–Kier alpha value is -2.45. The van der Waals surface area contributed by atoms with E-state index >= 15 is 0 Å². The van der Waals surface area contributed by atoms with E-state index in [0.717, 1.165) is 63.3 Å². The molecule has 1 atom stereocenters. The second kappa shape index (κ2) is 7.35. The Bertz CT molecular complexity index is 1060. The van der Waals surface area contributed by atoms with Crippen molar-refractivity contribution < 1.29 is 17.9 Å². The van der Waals surface area contributed by atoms with Crippen molar-refractivity contribution in [2.45, 2.75) is 37.5 Å². The van der Waals surface area contributed by atoms with Gasteiger partial charge in [0.05, 0.1) is 35.4 Å². The molecule has 1 N–H and O–H groups in total. The van der Waals surface area contributed by atoms with Gasteiger partial charge in [-0.05, 0) is 69.0 Å². The summed E-state index contributed by atoms with van der Waals surface area (Å²) in [5.74, 6) is 0.407. The van der Waals surface area contributed by atoms with Crippen LogP contribution in [0.15, 0.2) is 42.7 Å². The molecule has 3 aromatic heterocycles. The van der Waals surface area contributed by atoms with Gasteiger partial charge in [-0.2, -0.15) is 13.2 Å². The minimum atomic E-state index is -4.40. The zero-order chi connectivity index (χ0) is 20.8. The van der Waals surface area contributed by atoms with Crippen LogP contribution in [-0.4, -0.2) is 39.7 Å². The number of aromatic nitrogens is 3. The maximum Gasteiger partial charge on any atom is 0.417 e. The molecule has 2 aliphatic heterocycles. The fourth-order valence-electron chi connectivity index (χ4n) is 4.67. The second-order valence-electron chi connectivity index (χ2n) is 8.32. The van der Waals surface area contributed by atoms with E-state index in [0.29, 0.717) is 23.0 Å². The first-order valence-electron chi connectivity index (χ1n) is 10.3. The zero-order valence-corrected chi connectivity index (χ0v) is 16.5. The Morgan fingerprint density at radius 3 is 2.80 bits per heavy atom. The smallest absolute Gasteiger partial charge is 0.375 e. The lowest BCUT2D eigenvalue weighted by molar-refractivity contribution is -0.137. The molecule has 2 fully saturated rings. The predicted molar refractivity (Wildman–Crippen MR) is 106 cm³/mol. The van der Waals surface area contributed by atoms with Crippen molar-refractivity contribution in [1.29, 1.82) is 0 Å². The molecule has 2 saturated heterocycles. The molecule has 0 saturated carbocycles. The predicted octanol–water partition coefficient (Wildman–Crippen LogP) is 4.12. The maximum absolute atomic E-state index is 13.1. The molecule has 5 heterocycles. The van der Waals surface area contributed by atoms with Crippen LogP contribution in [0.3, 0.4) is 0 Å². The van der Waals surface area contributed by atoms with Crippen molar-refractivity contribution in [2.75, 3.05) is 19.7 Å². The third-order valence-electron chi connectivity index (χ3n) is 6.20. The molecule has 0 radical (unpaired) electrons. The van der Waals surface area contributed by atoms with Crippen LogP contribution >= 0.6 is 0 Å². The lowest BCUT2D eigenvalue weighted by Gasteiger charge is -2.33. The van der Waals surface area contributed by atoms with Gasteiger partial charge in [-0.15, -0.1) is 0 Å². The molecule has 3 aromatic rings. The molecule has 0 bridgehead atoms. The number of ether oxygens (including phenoxy) is 1. The largest absolute Gasteiger partial charge is 0.417 e. The van der Waals surface area contributed by atoms with Crippen LogP contribution in [0.25, 0.3) is 17.0 Å². The van der Waals surface area contributed by atoms with Gasteiger partial charge in [-0.25, -0.2) is 4.98 Å². The molecule has 1 unspecified atom stereocenters. The monoisotopic (exact) mass is 416 g/mol. The quantitative estimate of drug-likeness (QED) is 0.698. The van der Waals surface area contributed by atoms with Crippen LogP contribution in [0.1, 0.15) is 30.5 Å². The number of halogens is 3. The Balaban J connectivity index is 1.39. The highest BCUT2D eigenvalue weighted by molar-refractivity contribution is 5.60. The standard InChI is InChI=1S/C22H23F3N4O/c23-22(24,25)16-4-5-20-27-12-19(29(20)13-16)18-3-1-2-17(28-18)10-15-11-21(30-14-15)6-8-26-9-7-21/h1-5,12-13,15,26H,6-11,14H2. The number of pyridine rings is 2. The van der Waals surface area contributed by atoms with E-state index in [9.17, 15) is 13.2 Å². The van der Waals surface area contributed by atoms with Crippen molar-refractivity contribution in [2.24, 2.45) is 5.92 Å². The molecule has 158 valence electrons. The SMILES string of the molecule is FC(F)(F)c1ccc2ncc(-c3cccc(CC4COC5(CCNCC5)C4)n3)n2c1. The number of piperidine rings is 1. The van der Waals surface area contributed by atoms with Gasteiger partial charge in [0, 0.05) is 11.9 Å². The van der Waals surface area contributed by atoms with E-state index < -0.39 is 11.7 Å². The van der Waals surface area contributed by atoms with E-state index in [1.165, 1.54) is 10.5 Å². The third kappa shape index (κ3) is 3.70. The van der Waals surface area contributed by atoms with E-state index in [4.69, 9.17) is 9.72 Å². The van der Waals surface area contributed by atoms with E-state index in [-0.39, 0.29) is 5.60 Å². The summed E-state index contributed by atoms with van der Waals surface area (Å²) in [6.07, 6.45) is 2.17. The third-order valence-corrected chi connectivity index (χ3v) is 6.20. The maximum atomic E-state index is 13.1. The first kappa shape index (κ1) is 19.5. The molecule has 0 amide bonds. The van der Waals surface area contributed by atoms with Crippen molar-refractivity contribution >= 4 is 5.65 Å². The number of hydrogen-bond acceptors (Lipinski definition) is 4. The van der Waals surface area contributed by atoms with Crippen molar-refractivity contribution in [3.05, 3.63) is 54.0 Å². The molecule has 8 heteroatoms. The topological polar surface area (TPSA) is 51.5 Å². The molecule has 2 aliphatic rings. The summed E-state index contributed by atoms with van der Waals surface area (Å²) >= 11 is 0. The van der Waals surface area contributed by atoms with Crippen LogP contribution in [0.2, 0.25) is 0 Å². The number of nitrogens with one attached hydrogen (secondary N) is 1. The summed E-state index contributed by atoms with van der Waals surface area (Å²) < 4.78 is 47.0. The lowest BCUT2D eigenvalue weighted by Crippen LogP contribution is -2.41. The number of imidazole rings is 1. The van der Waals surface area contributed by atoms with Gasteiger partial charge < -0.3 is 10.1 Å². The molecular weight excluding hydrogens is 393 g/mol. The molecule has 1 spiro atoms. The minimum Gasteiger partial charge on any atom is -0.375 e. The summed E-state index contributed by atoms with van der Waals surface area (Å²) in [5.41, 5.74) is 1.85. The lowest BCUT2D eigenvalue weighted by atomic mass is 9.85. The van der Waals surface area contributed by atoms with E-state index in [1.54, 1.807) is 6.20 Å². The Labute approximate surface area is 172 Å². The average molecular weight is 416 g/mol. The van der Waals surface area contributed by atoms with Crippen LogP contribution < -0.4 is 5.32 Å². The zero-order valence-electron chi connectivity index (χ0n) is 16.5. The molecule has 30 heavy (non-hydrogen) atoms. The molecule has 0 aliphatic carbocycles. The number of hydrogen-bond donors (Lipinski definition) is 1. The second-order valence-corrected chi connectivity index (χ2v) is 8.32. The van der Waals surface area contributed by atoms with Crippen LogP contribution in [-0.2, 0) is 17.3 Å². The van der Waals surface area contributed by atoms with Crippen molar-refractivity contribution in [3.63, 3.8) is 0 Å². The van der Waals surface area contributed by atoms with Gasteiger partial charge in [0.15, 0.2) is 0 Å². The summed E-state index contributed by atoms with van der Waals surface area (Å²) in [6, 6.07) is 8.12. The average Bonchev–Trinajstić information content (AvgIpc) is 3.32. The number of rotatable bonds is 3. The molecule has 0 aromatic carbocycles. The van der Waals surface area contributed by atoms with Gasteiger partial charge in [-0.1, -0.05) is 6.07 Å². The fourth-order valence-corrected chi connectivity index (χ4v) is 4.67. The summed E-state index contributed by atoms with van der Waals surface area (Å²) in [7, 11) is 0. The van der Waals surface area contributed by atoms with Crippen molar-refractivity contribution in [3.8, 4) is 11.4 Å². The fraction of sp³-hybridized carbons (Fsp3) is 0.455. The Kier molecular flexibility index (Phi) is 4.78. The van der Waals surface area contributed by atoms with Crippen LogP contribution in [0, 0.1) is 5.92 Å². The summed E-state index contributed by atoms with van der Waals surface area (Å²) in [4.78, 5) is 8.98. The first-order valence-corrected chi connectivity index (χ1v) is 10.3.